The highest BCUT2D eigenvalue weighted by molar-refractivity contribution is 5.83. The smallest absolute Gasteiger partial charge is 0.0481 e. The van der Waals surface area contributed by atoms with Gasteiger partial charge in [0, 0.05) is 35.4 Å². The molecule has 18 heavy (non-hydrogen) atoms. The van der Waals surface area contributed by atoms with Crippen LogP contribution in [-0.4, -0.2) is 29.6 Å². The van der Waals surface area contributed by atoms with Gasteiger partial charge in [-0.25, -0.2) is 0 Å². The monoisotopic (exact) mass is 245 g/mol. The Kier molecular flexibility index (Phi) is 3.92. The van der Waals surface area contributed by atoms with E-state index in [1.54, 1.807) is 0 Å². The Balaban J connectivity index is 2.12. The molecule has 1 heterocycles. The van der Waals surface area contributed by atoms with E-state index < -0.39 is 0 Å². The minimum Gasteiger partial charge on any atom is -0.399 e. The highest BCUT2D eigenvalue weighted by Gasteiger charge is 2.09. The van der Waals surface area contributed by atoms with E-state index >= 15 is 0 Å². The quantitative estimate of drug-likeness (QED) is 0.822. The van der Waals surface area contributed by atoms with Gasteiger partial charge in [-0.15, -0.1) is 0 Å². The predicted molar refractivity (Wildman–Crippen MR) is 78.7 cm³/mol. The number of aryl methyl sites for hydroxylation is 1. The van der Waals surface area contributed by atoms with Crippen molar-refractivity contribution in [3.05, 3.63) is 30.5 Å². The van der Waals surface area contributed by atoms with E-state index in [1.165, 1.54) is 23.7 Å². The number of benzene rings is 1. The van der Waals surface area contributed by atoms with E-state index in [-0.39, 0.29) is 0 Å². The molecule has 3 heteroatoms. The van der Waals surface area contributed by atoms with E-state index in [2.05, 4.69) is 48.8 Å². The summed E-state index contributed by atoms with van der Waals surface area (Å²) in [5, 5.41) is 1.23. The van der Waals surface area contributed by atoms with E-state index in [9.17, 15) is 0 Å². The molecule has 0 aliphatic heterocycles. The second kappa shape index (κ2) is 5.44. The molecule has 2 aromatic rings. The predicted octanol–water partition coefficient (Wildman–Crippen LogP) is 2.95. The lowest BCUT2D eigenvalue weighted by Gasteiger charge is -2.23. The fourth-order valence-electron chi connectivity index (χ4n) is 2.53. The number of nitrogens with zero attached hydrogens (tertiary/aromatic N) is 2. The van der Waals surface area contributed by atoms with E-state index in [0.29, 0.717) is 6.04 Å². The lowest BCUT2D eigenvalue weighted by atomic mass is 10.1. The minimum atomic E-state index is 0.649. The molecule has 1 aromatic carbocycles. The Morgan fingerprint density at radius 3 is 2.72 bits per heavy atom. The number of aromatic nitrogens is 1. The fourth-order valence-corrected chi connectivity index (χ4v) is 2.53. The third kappa shape index (κ3) is 2.67. The van der Waals surface area contributed by atoms with Crippen LogP contribution in [0.3, 0.4) is 0 Å². The molecule has 1 atom stereocenters. The molecule has 0 saturated heterocycles. The SMILES string of the molecule is CCC(CCn1ccc2cc(N)ccc21)N(C)C. The Bertz CT molecular complexity index is 513. The van der Waals surface area contributed by atoms with Gasteiger partial charge in [0.15, 0.2) is 0 Å². The zero-order chi connectivity index (χ0) is 13.1. The van der Waals surface area contributed by atoms with E-state index in [0.717, 1.165) is 12.2 Å². The first-order valence-corrected chi connectivity index (χ1v) is 6.62. The highest BCUT2D eigenvalue weighted by Crippen LogP contribution is 2.19. The zero-order valence-corrected chi connectivity index (χ0v) is 11.6. The van der Waals surface area contributed by atoms with Crippen molar-refractivity contribution in [1.29, 1.82) is 0 Å². The van der Waals surface area contributed by atoms with Crippen molar-refractivity contribution in [2.24, 2.45) is 0 Å². The van der Waals surface area contributed by atoms with Crippen LogP contribution < -0.4 is 5.73 Å². The van der Waals surface area contributed by atoms with Crippen molar-refractivity contribution in [1.82, 2.24) is 9.47 Å². The molecule has 98 valence electrons. The van der Waals surface area contributed by atoms with Crippen molar-refractivity contribution < 1.29 is 0 Å². The van der Waals surface area contributed by atoms with Crippen LogP contribution >= 0.6 is 0 Å². The second-order valence-electron chi connectivity index (χ2n) is 5.14. The van der Waals surface area contributed by atoms with Crippen molar-refractivity contribution in [2.45, 2.75) is 32.4 Å². The summed E-state index contributed by atoms with van der Waals surface area (Å²) in [6, 6.07) is 8.91. The molecular weight excluding hydrogens is 222 g/mol. The van der Waals surface area contributed by atoms with E-state index in [1.807, 2.05) is 12.1 Å². The van der Waals surface area contributed by atoms with Gasteiger partial charge in [-0.05, 0) is 51.2 Å². The van der Waals surface area contributed by atoms with Crippen LogP contribution in [0, 0.1) is 0 Å². The number of hydrogen-bond donors (Lipinski definition) is 1. The molecule has 0 radical (unpaired) electrons. The van der Waals surface area contributed by atoms with Crippen LogP contribution in [0.2, 0.25) is 0 Å². The largest absolute Gasteiger partial charge is 0.399 e. The topological polar surface area (TPSA) is 34.2 Å². The zero-order valence-electron chi connectivity index (χ0n) is 11.6. The first-order valence-electron chi connectivity index (χ1n) is 6.62. The van der Waals surface area contributed by atoms with Crippen LogP contribution in [0.15, 0.2) is 30.5 Å². The third-order valence-corrected chi connectivity index (χ3v) is 3.70. The van der Waals surface area contributed by atoms with Crippen LogP contribution in [-0.2, 0) is 6.54 Å². The number of hydrogen-bond acceptors (Lipinski definition) is 2. The summed E-state index contributed by atoms with van der Waals surface area (Å²) < 4.78 is 2.32. The molecule has 3 nitrogen and oxygen atoms in total. The van der Waals surface area contributed by atoms with Crippen LogP contribution in [0.5, 0.6) is 0 Å². The molecule has 1 aromatic heterocycles. The molecule has 0 bridgehead atoms. The molecule has 0 saturated carbocycles. The molecule has 1 unspecified atom stereocenters. The average Bonchev–Trinajstić information content (AvgIpc) is 2.72. The van der Waals surface area contributed by atoms with Crippen LogP contribution in [0.4, 0.5) is 5.69 Å². The van der Waals surface area contributed by atoms with Crippen molar-refractivity contribution >= 4 is 16.6 Å². The second-order valence-corrected chi connectivity index (χ2v) is 5.14. The maximum atomic E-state index is 5.80. The average molecular weight is 245 g/mol. The number of nitrogens with two attached hydrogens (primary N) is 1. The first kappa shape index (κ1) is 13.0. The minimum absolute atomic E-state index is 0.649. The summed E-state index contributed by atoms with van der Waals surface area (Å²) in [6.45, 7) is 3.31. The lowest BCUT2D eigenvalue weighted by Crippen LogP contribution is -2.28. The van der Waals surface area contributed by atoms with Crippen molar-refractivity contribution in [2.75, 3.05) is 19.8 Å². The van der Waals surface area contributed by atoms with Gasteiger partial charge >= 0.3 is 0 Å². The molecule has 0 aliphatic carbocycles. The van der Waals surface area contributed by atoms with Crippen LogP contribution in [0.25, 0.3) is 10.9 Å². The summed E-state index contributed by atoms with van der Waals surface area (Å²) in [7, 11) is 4.31. The number of rotatable bonds is 5. The van der Waals surface area contributed by atoms with Gasteiger partial charge in [-0.2, -0.15) is 0 Å². The van der Waals surface area contributed by atoms with Gasteiger partial charge in [0.2, 0.25) is 0 Å². The van der Waals surface area contributed by atoms with Gasteiger partial charge in [-0.3, -0.25) is 0 Å². The van der Waals surface area contributed by atoms with Crippen LogP contribution in [0.1, 0.15) is 19.8 Å². The Morgan fingerprint density at radius 2 is 2.06 bits per heavy atom. The standard InChI is InChI=1S/C15H23N3/c1-4-14(17(2)3)8-10-18-9-7-12-11-13(16)5-6-15(12)18/h5-7,9,11,14H,4,8,10,16H2,1-3H3. The van der Waals surface area contributed by atoms with Gasteiger partial charge in [0.1, 0.15) is 0 Å². The molecule has 2 rings (SSSR count). The molecule has 0 aliphatic rings. The fraction of sp³-hybridized carbons (Fsp3) is 0.467. The summed E-state index contributed by atoms with van der Waals surface area (Å²) in [4.78, 5) is 2.31. The van der Waals surface area contributed by atoms with Gasteiger partial charge < -0.3 is 15.2 Å². The van der Waals surface area contributed by atoms with Crippen molar-refractivity contribution in [3.63, 3.8) is 0 Å². The Hall–Kier alpha value is -1.48. The maximum Gasteiger partial charge on any atom is 0.0481 e. The maximum absolute atomic E-state index is 5.80. The van der Waals surface area contributed by atoms with Crippen molar-refractivity contribution in [3.8, 4) is 0 Å². The summed E-state index contributed by atoms with van der Waals surface area (Å²) >= 11 is 0. The molecule has 0 spiro atoms. The first-order chi connectivity index (χ1) is 8.61. The van der Waals surface area contributed by atoms with Gasteiger partial charge in [-0.1, -0.05) is 6.92 Å². The van der Waals surface area contributed by atoms with Gasteiger partial charge in [0.25, 0.3) is 0 Å². The summed E-state index contributed by atoms with van der Waals surface area (Å²) in [6.07, 6.45) is 4.53. The summed E-state index contributed by atoms with van der Waals surface area (Å²) in [5.74, 6) is 0. The van der Waals surface area contributed by atoms with Gasteiger partial charge in [0.05, 0.1) is 0 Å². The normalized spacial score (nSPS) is 13.3. The Labute approximate surface area is 109 Å². The molecular formula is C15H23N3. The highest BCUT2D eigenvalue weighted by atomic mass is 15.1. The lowest BCUT2D eigenvalue weighted by molar-refractivity contribution is 0.262. The third-order valence-electron chi connectivity index (χ3n) is 3.70. The summed E-state index contributed by atoms with van der Waals surface area (Å²) in [5.41, 5.74) is 7.91. The molecule has 2 N–H and O–H groups in total. The number of nitrogen functional groups attached to an aromatic ring is 1. The van der Waals surface area contributed by atoms with E-state index in [4.69, 9.17) is 5.73 Å². The Morgan fingerprint density at radius 1 is 1.28 bits per heavy atom. The molecule has 0 amide bonds. The number of anilines is 1. The molecule has 0 fully saturated rings. The number of fused-ring (bicyclic) bond motifs is 1.